The monoisotopic (exact) mass is 392 g/mol. The van der Waals surface area contributed by atoms with Crippen molar-refractivity contribution in [1.29, 1.82) is 0 Å². The van der Waals surface area contributed by atoms with Gasteiger partial charge in [-0.15, -0.1) is 11.8 Å². The summed E-state index contributed by atoms with van der Waals surface area (Å²) in [6.45, 7) is 0. The van der Waals surface area contributed by atoms with Crippen molar-refractivity contribution in [2.24, 2.45) is 0 Å². The van der Waals surface area contributed by atoms with Crippen molar-refractivity contribution in [2.75, 3.05) is 13.4 Å². The van der Waals surface area contributed by atoms with Crippen molar-refractivity contribution in [2.45, 2.75) is 42.4 Å². The van der Waals surface area contributed by atoms with Gasteiger partial charge < -0.3 is 20.5 Å². The van der Waals surface area contributed by atoms with Crippen molar-refractivity contribution in [3.63, 3.8) is 0 Å². The number of nitrogens with one attached hydrogen (secondary N) is 2. The average molecular weight is 392 g/mol. The molecule has 2 unspecified atom stereocenters. The van der Waals surface area contributed by atoms with E-state index >= 15 is 0 Å². The normalized spacial score (nSPS) is 19.9. The third-order valence-corrected chi connectivity index (χ3v) is 4.96. The topological polar surface area (TPSA) is 87.7 Å². The molecule has 1 aromatic carbocycles. The van der Waals surface area contributed by atoms with E-state index in [2.05, 4.69) is 10.6 Å². The third-order valence-electron chi connectivity index (χ3n) is 4.20. The lowest BCUT2D eigenvalue weighted by Crippen LogP contribution is -2.48. The molecule has 2 amide bonds. The summed E-state index contributed by atoms with van der Waals surface area (Å²) in [7, 11) is 1.20. The molecule has 0 heterocycles. The predicted molar refractivity (Wildman–Crippen MR) is 89.8 cm³/mol. The maximum Gasteiger partial charge on any atom is 0.416 e. The first-order chi connectivity index (χ1) is 12.2. The molecular weight excluding hydrogens is 373 g/mol. The van der Waals surface area contributed by atoms with Crippen LogP contribution in [0.3, 0.4) is 0 Å². The van der Waals surface area contributed by atoms with Gasteiger partial charge in [-0.3, -0.25) is 4.79 Å². The van der Waals surface area contributed by atoms with E-state index < -0.39 is 35.8 Å². The number of rotatable bonds is 5. The van der Waals surface area contributed by atoms with E-state index in [9.17, 15) is 22.8 Å². The molecule has 1 aromatic rings. The summed E-state index contributed by atoms with van der Waals surface area (Å²) < 4.78 is 44.1. The van der Waals surface area contributed by atoms with Gasteiger partial charge in [0.2, 0.25) is 0 Å². The summed E-state index contributed by atoms with van der Waals surface area (Å²) >= 11 is 1.00. The second-order valence-corrected chi connectivity index (χ2v) is 6.67. The molecule has 3 N–H and O–H groups in total. The van der Waals surface area contributed by atoms with Crippen LogP contribution in [0.15, 0.2) is 17.0 Å². The molecule has 2 rings (SSSR count). The van der Waals surface area contributed by atoms with Crippen LogP contribution in [0.25, 0.3) is 0 Å². The fourth-order valence-corrected chi connectivity index (χ4v) is 3.65. The van der Waals surface area contributed by atoms with Gasteiger partial charge in [0, 0.05) is 10.9 Å². The van der Waals surface area contributed by atoms with Gasteiger partial charge in [0.25, 0.3) is 5.91 Å². The van der Waals surface area contributed by atoms with Gasteiger partial charge in [0.05, 0.1) is 24.3 Å². The molecule has 1 aliphatic rings. The van der Waals surface area contributed by atoms with Crippen LogP contribution in [0.5, 0.6) is 5.75 Å². The Labute approximate surface area is 152 Å². The molecule has 0 spiro atoms. The molecular formula is C16H19F3N2O4S. The van der Waals surface area contributed by atoms with Crippen LogP contribution in [0.4, 0.5) is 18.0 Å². The van der Waals surface area contributed by atoms with E-state index in [1.165, 1.54) is 7.11 Å². The van der Waals surface area contributed by atoms with Crippen LogP contribution >= 0.6 is 11.8 Å². The molecule has 144 valence electrons. The molecule has 1 aliphatic carbocycles. The van der Waals surface area contributed by atoms with Gasteiger partial charge >= 0.3 is 12.3 Å². The Balaban J connectivity index is 2.31. The van der Waals surface area contributed by atoms with Crippen LogP contribution < -0.4 is 15.4 Å². The quantitative estimate of drug-likeness (QED) is 0.669. The minimum absolute atomic E-state index is 0.00831. The Hall–Kier alpha value is -2.10. The number of methoxy groups -OCH3 is 1. The van der Waals surface area contributed by atoms with Crippen LogP contribution in [0.2, 0.25) is 0 Å². The first-order valence-corrected chi connectivity index (χ1v) is 9.03. The van der Waals surface area contributed by atoms with Gasteiger partial charge in [-0.1, -0.05) is 0 Å². The maximum atomic E-state index is 13.0. The van der Waals surface area contributed by atoms with E-state index in [-0.39, 0.29) is 16.2 Å². The Bertz CT molecular complexity index is 672. The highest BCUT2D eigenvalue weighted by atomic mass is 32.2. The molecule has 1 fully saturated rings. The zero-order valence-electron chi connectivity index (χ0n) is 14.1. The number of hydrogen-bond acceptors (Lipinski definition) is 4. The van der Waals surface area contributed by atoms with E-state index in [1.807, 2.05) is 0 Å². The Morgan fingerprint density at radius 2 is 1.85 bits per heavy atom. The molecule has 2 atom stereocenters. The smallest absolute Gasteiger partial charge is 0.416 e. The zero-order chi connectivity index (χ0) is 19.5. The molecule has 1 saturated carbocycles. The van der Waals surface area contributed by atoms with E-state index in [0.29, 0.717) is 12.8 Å². The summed E-state index contributed by atoms with van der Waals surface area (Å²) in [6.07, 6.45) is -2.29. The molecule has 26 heavy (non-hydrogen) atoms. The second kappa shape index (κ2) is 8.07. The molecule has 0 saturated heterocycles. The van der Waals surface area contributed by atoms with E-state index in [1.54, 1.807) is 6.26 Å². The highest BCUT2D eigenvalue weighted by Crippen LogP contribution is 2.38. The summed E-state index contributed by atoms with van der Waals surface area (Å²) in [5.41, 5.74) is -0.893. The standard InChI is InChI=1S/C16H19F3N2O4S/c1-25-11-6-8(16(17,18)19)7-12(26-2)13(11)14(22)20-9-4-3-5-10(9)21-15(23)24/h6-7,9-10,21H,3-5H2,1-2H3,(H,20,22)(H,23,24). The van der Waals surface area contributed by atoms with E-state index in [4.69, 9.17) is 9.84 Å². The third kappa shape index (κ3) is 4.54. The number of benzene rings is 1. The summed E-state index contributed by atoms with van der Waals surface area (Å²) in [6, 6.07) is 0.829. The van der Waals surface area contributed by atoms with Crippen molar-refractivity contribution < 1.29 is 32.6 Å². The van der Waals surface area contributed by atoms with E-state index in [0.717, 1.165) is 30.3 Å². The SMILES string of the molecule is COc1cc(C(F)(F)F)cc(SC)c1C(=O)NC1CCCC1NC(=O)O. The Kier molecular flexibility index (Phi) is 6.27. The number of halogens is 3. The lowest BCUT2D eigenvalue weighted by atomic mass is 10.1. The van der Waals surface area contributed by atoms with Gasteiger partial charge in [0.15, 0.2) is 0 Å². The number of carbonyl (C=O) groups is 2. The number of amides is 2. The number of hydrogen-bond donors (Lipinski definition) is 3. The van der Waals surface area contributed by atoms with Crippen molar-refractivity contribution >= 4 is 23.8 Å². The second-order valence-electron chi connectivity index (χ2n) is 5.82. The summed E-state index contributed by atoms with van der Waals surface area (Å²) in [4.78, 5) is 23.7. The number of carbonyl (C=O) groups excluding carboxylic acids is 1. The zero-order valence-corrected chi connectivity index (χ0v) is 15.0. The molecule has 10 heteroatoms. The van der Waals surface area contributed by atoms with Crippen LogP contribution in [0.1, 0.15) is 35.2 Å². The highest BCUT2D eigenvalue weighted by Gasteiger charge is 2.35. The van der Waals surface area contributed by atoms with Crippen molar-refractivity contribution in [3.05, 3.63) is 23.3 Å². The van der Waals surface area contributed by atoms with Crippen LogP contribution in [-0.4, -0.2) is 42.6 Å². The fraction of sp³-hybridized carbons (Fsp3) is 0.500. The van der Waals surface area contributed by atoms with Gasteiger partial charge in [-0.2, -0.15) is 13.2 Å². The number of alkyl halides is 3. The lowest BCUT2D eigenvalue weighted by Gasteiger charge is -2.22. The largest absolute Gasteiger partial charge is 0.496 e. The first-order valence-electron chi connectivity index (χ1n) is 7.81. The molecule has 0 aliphatic heterocycles. The highest BCUT2D eigenvalue weighted by molar-refractivity contribution is 7.98. The van der Waals surface area contributed by atoms with Crippen LogP contribution in [-0.2, 0) is 6.18 Å². The summed E-state index contributed by atoms with van der Waals surface area (Å²) in [5.74, 6) is -0.772. The van der Waals surface area contributed by atoms with Gasteiger partial charge in [0.1, 0.15) is 5.75 Å². The minimum Gasteiger partial charge on any atom is -0.496 e. The van der Waals surface area contributed by atoms with Gasteiger partial charge in [-0.25, -0.2) is 4.79 Å². The van der Waals surface area contributed by atoms with Crippen molar-refractivity contribution in [3.8, 4) is 5.75 Å². The fourth-order valence-electron chi connectivity index (χ4n) is 3.00. The predicted octanol–water partition coefficient (Wildman–Crippen LogP) is 3.35. The molecule has 0 radical (unpaired) electrons. The first kappa shape index (κ1) is 20.2. The average Bonchev–Trinajstić information content (AvgIpc) is 2.98. The molecule has 6 nitrogen and oxygen atoms in total. The maximum absolute atomic E-state index is 13.0. The minimum atomic E-state index is -4.56. The Morgan fingerprint density at radius 1 is 1.23 bits per heavy atom. The van der Waals surface area contributed by atoms with Crippen LogP contribution in [0, 0.1) is 0 Å². The van der Waals surface area contributed by atoms with Gasteiger partial charge in [-0.05, 0) is 37.7 Å². The lowest BCUT2D eigenvalue weighted by molar-refractivity contribution is -0.137. The Morgan fingerprint density at radius 3 is 2.35 bits per heavy atom. The number of thioether (sulfide) groups is 1. The van der Waals surface area contributed by atoms with Crippen molar-refractivity contribution in [1.82, 2.24) is 10.6 Å². The number of ether oxygens (including phenoxy) is 1. The summed E-state index contributed by atoms with van der Waals surface area (Å²) in [5, 5.41) is 13.9. The molecule has 0 aromatic heterocycles. The molecule has 0 bridgehead atoms. The number of carboxylic acid groups (broad SMARTS) is 1.